The molecular weight excluding hydrogens is 266 g/mol. The predicted molar refractivity (Wildman–Crippen MR) is 81.3 cm³/mol. The SMILES string of the molecule is Cc1ccc(O)c(C(=O)N[C@H](CO)Cc2ccccc2)c1. The van der Waals surface area contributed by atoms with Gasteiger partial charge in [0.1, 0.15) is 5.75 Å². The van der Waals surface area contributed by atoms with E-state index in [0.717, 1.165) is 11.1 Å². The number of aliphatic hydroxyl groups is 1. The lowest BCUT2D eigenvalue weighted by molar-refractivity contribution is 0.0913. The molecule has 4 heteroatoms. The van der Waals surface area contributed by atoms with E-state index in [1.165, 1.54) is 6.07 Å². The maximum absolute atomic E-state index is 12.2. The van der Waals surface area contributed by atoms with Gasteiger partial charge in [0.25, 0.3) is 5.91 Å². The third-order valence-corrected chi connectivity index (χ3v) is 3.28. The molecule has 0 aromatic heterocycles. The highest BCUT2D eigenvalue weighted by Gasteiger charge is 2.16. The van der Waals surface area contributed by atoms with Gasteiger partial charge >= 0.3 is 0 Å². The van der Waals surface area contributed by atoms with Gasteiger partial charge in [0.2, 0.25) is 0 Å². The Morgan fingerprint density at radius 2 is 1.90 bits per heavy atom. The molecule has 0 saturated carbocycles. The zero-order chi connectivity index (χ0) is 15.2. The fourth-order valence-electron chi connectivity index (χ4n) is 2.15. The van der Waals surface area contributed by atoms with Crippen molar-refractivity contribution in [2.24, 2.45) is 0 Å². The molecule has 0 spiro atoms. The highest BCUT2D eigenvalue weighted by Crippen LogP contribution is 2.18. The number of carbonyl (C=O) groups excluding carboxylic acids is 1. The van der Waals surface area contributed by atoms with Crippen LogP contribution in [-0.4, -0.2) is 28.8 Å². The molecule has 0 aliphatic carbocycles. The Morgan fingerprint density at radius 3 is 2.57 bits per heavy atom. The standard InChI is InChI=1S/C17H19NO3/c1-12-7-8-16(20)15(9-12)17(21)18-14(11-19)10-13-5-3-2-4-6-13/h2-9,14,19-20H,10-11H2,1H3,(H,18,21)/t14-/m0/s1. The van der Waals surface area contributed by atoms with Gasteiger partial charge in [-0.15, -0.1) is 0 Å². The highest BCUT2D eigenvalue weighted by molar-refractivity contribution is 5.97. The number of amides is 1. The Morgan fingerprint density at radius 1 is 1.19 bits per heavy atom. The molecule has 0 aliphatic rings. The largest absolute Gasteiger partial charge is 0.507 e. The summed E-state index contributed by atoms with van der Waals surface area (Å²) in [5, 5.41) is 21.9. The van der Waals surface area contributed by atoms with Gasteiger partial charge in [-0.3, -0.25) is 4.79 Å². The second kappa shape index (κ2) is 6.90. The molecule has 21 heavy (non-hydrogen) atoms. The van der Waals surface area contributed by atoms with E-state index in [1.54, 1.807) is 12.1 Å². The summed E-state index contributed by atoms with van der Waals surface area (Å²) in [7, 11) is 0. The van der Waals surface area contributed by atoms with Gasteiger partial charge in [0.15, 0.2) is 0 Å². The van der Waals surface area contributed by atoms with Crippen LogP contribution in [0.5, 0.6) is 5.75 Å². The minimum Gasteiger partial charge on any atom is -0.507 e. The molecule has 0 saturated heterocycles. The average Bonchev–Trinajstić information content (AvgIpc) is 2.50. The van der Waals surface area contributed by atoms with E-state index in [1.807, 2.05) is 37.3 Å². The van der Waals surface area contributed by atoms with E-state index in [4.69, 9.17) is 0 Å². The summed E-state index contributed by atoms with van der Waals surface area (Å²) in [6, 6.07) is 14.1. The monoisotopic (exact) mass is 285 g/mol. The van der Waals surface area contributed by atoms with Gasteiger partial charge in [-0.1, -0.05) is 42.0 Å². The molecule has 2 aromatic carbocycles. The third-order valence-electron chi connectivity index (χ3n) is 3.28. The zero-order valence-electron chi connectivity index (χ0n) is 11.9. The number of rotatable bonds is 5. The van der Waals surface area contributed by atoms with Crippen LogP contribution in [0.4, 0.5) is 0 Å². The maximum atomic E-state index is 12.2. The lowest BCUT2D eigenvalue weighted by Crippen LogP contribution is -2.39. The van der Waals surface area contributed by atoms with Crippen molar-refractivity contribution in [2.75, 3.05) is 6.61 Å². The van der Waals surface area contributed by atoms with E-state index in [2.05, 4.69) is 5.32 Å². The first kappa shape index (κ1) is 15.1. The van der Waals surface area contributed by atoms with Crippen molar-refractivity contribution in [2.45, 2.75) is 19.4 Å². The lowest BCUT2D eigenvalue weighted by Gasteiger charge is -2.17. The van der Waals surface area contributed by atoms with Gasteiger partial charge in [-0.2, -0.15) is 0 Å². The molecule has 3 N–H and O–H groups in total. The van der Waals surface area contributed by atoms with E-state index >= 15 is 0 Å². The second-order valence-corrected chi connectivity index (χ2v) is 5.06. The number of hydrogen-bond donors (Lipinski definition) is 3. The molecule has 0 bridgehead atoms. The number of aryl methyl sites for hydroxylation is 1. The van der Waals surface area contributed by atoms with Crippen LogP contribution in [0.1, 0.15) is 21.5 Å². The molecule has 0 fully saturated rings. The van der Waals surface area contributed by atoms with Crippen molar-refractivity contribution in [3.05, 3.63) is 65.2 Å². The molecule has 110 valence electrons. The fourth-order valence-corrected chi connectivity index (χ4v) is 2.15. The molecular formula is C17H19NO3. The second-order valence-electron chi connectivity index (χ2n) is 5.06. The zero-order valence-corrected chi connectivity index (χ0v) is 11.9. The molecule has 0 heterocycles. The van der Waals surface area contributed by atoms with Crippen LogP contribution < -0.4 is 5.32 Å². The molecule has 2 aromatic rings. The van der Waals surface area contributed by atoms with Crippen molar-refractivity contribution < 1.29 is 15.0 Å². The first-order valence-corrected chi connectivity index (χ1v) is 6.85. The molecule has 1 atom stereocenters. The van der Waals surface area contributed by atoms with Gasteiger partial charge in [-0.25, -0.2) is 0 Å². The summed E-state index contributed by atoms with van der Waals surface area (Å²) in [6.45, 7) is 1.69. The molecule has 1 amide bonds. The maximum Gasteiger partial charge on any atom is 0.255 e. The predicted octanol–water partition coefficient (Wildman–Crippen LogP) is 2.03. The molecule has 0 aliphatic heterocycles. The third kappa shape index (κ3) is 4.07. The quantitative estimate of drug-likeness (QED) is 0.787. The summed E-state index contributed by atoms with van der Waals surface area (Å²) in [6.07, 6.45) is 0.537. The summed E-state index contributed by atoms with van der Waals surface area (Å²) in [5.74, 6) is -0.444. The van der Waals surface area contributed by atoms with Crippen molar-refractivity contribution in [3.8, 4) is 5.75 Å². The Kier molecular flexibility index (Phi) is 4.95. The minimum absolute atomic E-state index is 0.0606. The molecule has 0 radical (unpaired) electrons. The molecule has 0 unspecified atom stereocenters. The lowest BCUT2D eigenvalue weighted by atomic mass is 10.1. The van der Waals surface area contributed by atoms with Crippen LogP contribution in [0, 0.1) is 6.92 Å². The van der Waals surface area contributed by atoms with Gasteiger partial charge in [0.05, 0.1) is 18.2 Å². The number of phenolic OH excluding ortho intramolecular Hbond substituents is 1. The van der Waals surface area contributed by atoms with Crippen LogP contribution in [0.15, 0.2) is 48.5 Å². The van der Waals surface area contributed by atoms with Crippen molar-refractivity contribution >= 4 is 5.91 Å². The smallest absolute Gasteiger partial charge is 0.255 e. The Hall–Kier alpha value is -2.33. The minimum atomic E-state index is -0.389. The van der Waals surface area contributed by atoms with E-state index in [-0.39, 0.29) is 29.9 Å². The highest BCUT2D eigenvalue weighted by atomic mass is 16.3. The molecule has 2 rings (SSSR count). The number of carbonyl (C=O) groups is 1. The van der Waals surface area contributed by atoms with Crippen molar-refractivity contribution in [3.63, 3.8) is 0 Å². The van der Waals surface area contributed by atoms with Gasteiger partial charge < -0.3 is 15.5 Å². The Balaban J connectivity index is 2.07. The van der Waals surface area contributed by atoms with E-state index in [0.29, 0.717) is 6.42 Å². The van der Waals surface area contributed by atoms with Crippen LogP contribution in [0.25, 0.3) is 0 Å². The Bertz CT molecular complexity index is 611. The van der Waals surface area contributed by atoms with Crippen molar-refractivity contribution in [1.82, 2.24) is 5.32 Å². The topological polar surface area (TPSA) is 69.6 Å². The van der Waals surface area contributed by atoms with Crippen LogP contribution >= 0.6 is 0 Å². The van der Waals surface area contributed by atoms with Gasteiger partial charge in [-0.05, 0) is 31.0 Å². The summed E-state index contributed by atoms with van der Waals surface area (Å²) < 4.78 is 0. The number of hydrogen-bond acceptors (Lipinski definition) is 3. The summed E-state index contributed by atoms with van der Waals surface area (Å²) >= 11 is 0. The number of nitrogens with one attached hydrogen (secondary N) is 1. The van der Waals surface area contributed by atoms with Crippen molar-refractivity contribution in [1.29, 1.82) is 0 Å². The number of benzene rings is 2. The number of aromatic hydroxyl groups is 1. The first-order valence-electron chi connectivity index (χ1n) is 6.85. The first-order chi connectivity index (χ1) is 10.1. The van der Waals surface area contributed by atoms with Gasteiger partial charge in [0, 0.05) is 0 Å². The normalized spacial score (nSPS) is 11.9. The number of aliphatic hydroxyl groups excluding tert-OH is 1. The van der Waals surface area contributed by atoms with E-state index < -0.39 is 0 Å². The van der Waals surface area contributed by atoms with E-state index in [9.17, 15) is 15.0 Å². The fraction of sp³-hybridized carbons (Fsp3) is 0.235. The number of phenols is 1. The summed E-state index contributed by atoms with van der Waals surface area (Å²) in [4.78, 5) is 12.2. The summed E-state index contributed by atoms with van der Waals surface area (Å²) in [5.41, 5.74) is 2.15. The average molecular weight is 285 g/mol. The van der Waals surface area contributed by atoms with Crippen LogP contribution in [0.3, 0.4) is 0 Å². The van der Waals surface area contributed by atoms with Crippen LogP contribution in [-0.2, 0) is 6.42 Å². The Labute approximate surface area is 124 Å². The molecule has 4 nitrogen and oxygen atoms in total. The van der Waals surface area contributed by atoms with Crippen LogP contribution in [0.2, 0.25) is 0 Å².